The Hall–Kier alpha value is -1.75. The second kappa shape index (κ2) is 5.05. The van der Waals surface area contributed by atoms with E-state index in [2.05, 4.69) is 22.0 Å². The molecule has 3 N–H and O–H groups in total. The van der Waals surface area contributed by atoms with E-state index in [-0.39, 0.29) is 5.84 Å². The van der Waals surface area contributed by atoms with Gasteiger partial charge in [-0.2, -0.15) is 0 Å². The van der Waals surface area contributed by atoms with Crippen LogP contribution in [0.25, 0.3) is 0 Å². The molecule has 1 aromatic rings. The van der Waals surface area contributed by atoms with Crippen molar-refractivity contribution in [1.29, 1.82) is 0 Å². The second-order valence-corrected chi connectivity index (χ2v) is 4.32. The first-order chi connectivity index (χ1) is 8.20. The van der Waals surface area contributed by atoms with Crippen molar-refractivity contribution in [3.8, 4) is 0 Å². The van der Waals surface area contributed by atoms with Crippen molar-refractivity contribution < 1.29 is 5.21 Å². The van der Waals surface area contributed by atoms with Gasteiger partial charge in [-0.15, -0.1) is 0 Å². The first kappa shape index (κ1) is 11.7. The number of hydrogen-bond donors (Lipinski definition) is 2. The van der Waals surface area contributed by atoms with Crippen molar-refractivity contribution in [2.24, 2.45) is 10.9 Å². The molecule has 1 aromatic carbocycles. The van der Waals surface area contributed by atoms with E-state index in [1.54, 1.807) is 0 Å². The zero-order valence-corrected chi connectivity index (χ0v) is 10.0. The fraction of sp³-hybridized carbons (Fsp3) is 0.417. The fourth-order valence-corrected chi connectivity index (χ4v) is 1.97. The highest BCUT2D eigenvalue weighted by molar-refractivity contribution is 5.97. The molecular formula is C12H18N4O. The molecule has 0 atom stereocenters. The van der Waals surface area contributed by atoms with Crippen molar-refractivity contribution in [2.75, 3.05) is 38.1 Å². The quantitative estimate of drug-likeness (QED) is 0.339. The van der Waals surface area contributed by atoms with Crippen molar-refractivity contribution in [3.05, 3.63) is 29.8 Å². The van der Waals surface area contributed by atoms with Crippen molar-refractivity contribution >= 4 is 11.5 Å². The lowest BCUT2D eigenvalue weighted by Gasteiger charge is -2.34. The van der Waals surface area contributed by atoms with Crippen LogP contribution in [0.15, 0.2) is 29.4 Å². The Kier molecular flexibility index (Phi) is 3.49. The van der Waals surface area contributed by atoms with E-state index in [9.17, 15) is 0 Å². The maximum absolute atomic E-state index is 8.58. The van der Waals surface area contributed by atoms with Gasteiger partial charge in [0.15, 0.2) is 5.84 Å². The third-order valence-corrected chi connectivity index (χ3v) is 3.14. The van der Waals surface area contributed by atoms with E-state index < -0.39 is 0 Å². The van der Waals surface area contributed by atoms with Crippen LogP contribution < -0.4 is 10.6 Å². The molecule has 0 aliphatic carbocycles. The zero-order valence-electron chi connectivity index (χ0n) is 10.0. The van der Waals surface area contributed by atoms with Crippen LogP contribution in [-0.4, -0.2) is 49.2 Å². The van der Waals surface area contributed by atoms with Gasteiger partial charge in [0, 0.05) is 37.4 Å². The third-order valence-electron chi connectivity index (χ3n) is 3.14. The molecule has 5 nitrogen and oxygen atoms in total. The first-order valence-electron chi connectivity index (χ1n) is 5.72. The Bertz CT molecular complexity index is 393. The van der Waals surface area contributed by atoms with Crippen LogP contribution in [0.4, 0.5) is 5.69 Å². The Balaban J connectivity index is 2.08. The first-order valence-corrected chi connectivity index (χ1v) is 5.72. The summed E-state index contributed by atoms with van der Waals surface area (Å²) >= 11 is 0. The molecule has 1 saturated heterocycles. The molecule has 0 radical (unpaired) electrons. The van der Waals surface area contributed by atoms with Gasteiger partial charge < -0.3 is 20.7 Å². The number of benzene rings is 1. The number of rotatable bonds is 2. The highest BCUT2D eigenvalue weighted by Crippen LogP contribution is 2.16. The van der Waals surface area contributed by atoms with E-state index in [1.807, 2.05) is 24.3 Å². The minimum absolute atomic E-state index is 0.148. The molecule has 1 aliphatic heterocycles. The smallest absolute Gasteiger partial charge is 0.170 e. The Morgan fingerprint density at radius 2 is 1.76 bits per heavy atom. The van der Waals surface area contributed by atoms with Gasteiger partial charge in [0.2, 0.25) is 0 Å². The molecule has 5 heteroatoms. The summed E-state index contributed by atoms with van der Waals surface area (Å²) in [5, 5.41) is 11.6. The van der Waals surface area contributed by atoms with Gasteiger partial charge in [-0.25, -0.2) is 0 Å². The number of nitrogens with two attached hydrogens (primary N) is 1. The van der Waals surface area contributed by atoms with E-state index >= 15 is 0 Å². The minimum atomic E-state index is 0.148. The SMILES string of the molecule is CN1CCN(c2ccc(C(N)=NO)cc2)CC1. The van der Waals surface area contributed by atoms with Crippen LogP contribution in [0, 0.1) is 0 Å². The van der Waals surface area contributed by atoms with Crippen LogP contribution in [0.1, 0.15) is 5.56 Å². The lowest BCUT2D eigenvalue weighted by atomic mass is 10.1. The maximum atomic E-state index is 8.58. The molecule has 0 saturated carbocycles. The largest absolute Gasteiger partial charge is 0.409 e. The highest BCUT2D eigenvalue weighted by Gasteiger charge is 2.14. The second-order valence-electron chi connectivity index (χ2n) is 4.32. The number of hydrogen-bond acceptors (Lipinski definition) is 4. The highest BCUT2D eigenvalue weighted by atomic mass is 16.4. The monoisotopic (exact) mass is 234 g/mol. The summed E-state index contributed by atoms with van der Waals surface area (Å²) in [6.07, 6.45) is 0. The van der Waals surface area contributed by atoms with Gasteiger partial charge in [-0.3, -0.25) is 0 Å². The summed E-state index contributed by atoms with van der Waals surface area (Å²) in [7, 11) is 2.14. The molecule has 1 heterocycles. The third kappa shape index (κ3) is 2.68. The van der Waals surface area contributed by atoms with E-state index in [1.165, 1.54) is 5.69 Å². The summed E-state index contributed by atoms with van der Waals surface area (Å²) in [6.45, 7) is 4.25. The normalized spacial score (nSPS) is 18.4. The number of nitrogens with zero attached hydrogens (tertiary/aromatic N) is 3. The maximum Gasteiger partial charge on any atom is 0.170 e. The van der Waals surface area contributed by atoms with Crippen molar-refractivity contribution in [2.45, 2.75) is 0 Å². The van der Waals surface area contributed by atoms with E-state index in [4.69, 9.17) is 10.9 Å². The molecule has 0 unspecified atom stereocenters. The minimum Gasteiger partial charge on any atom is -0.409 e. The molecule has 1 fully saturated rings. The van der Waals surface area contributed by atoms with Crippen LogP contribution in [-0.2, 0) is 0 Å². The van der Waals surface area contributed by atoms with Gasteiger partial charge in [-0.1, -0.05) is 5.16 Å². The summed E-state index contributed by atoms with van der Waals surface area (Å²) in [4.78, 5) is 4.66. The number of amidine groups is 1. The molecule has 0 amide bonds. The fourth-order valence-electron chi connectivity index (χ4n) is 1.97. The van der Waals surface area contributed by atoms with E-state index in [0.29, 0.717) is 0 Å². The van der Waals surface area contributed by atoms with Gasteiger partial charge >= 0.3 is 0 Å². The van der Waals surface area contributed by atoms with Crippen LogP contribution in [0.3, 0.4) is 0 Å². The Morgan fingerprint density at radius 1 is 1.18 bits per heavy atom. The van der Waals surface area contributed by atoms with Gasteiger partial charge in [0.1, 0.15) is 0 Å². The van der Waals surface area contributed by atoms with Gasteiger partial charge in [-0.05, 0) is 31.3 Å². The van der Waals surface area contributed by atoms with Crippen LogP contribution in [0.5, 0.6) is 0 Å². The lowest BCUT2D eigenvalue weighted by molar-refractivity contribution is 0.313. The predicted molar refractivity (Wildman–Crippen MR) is 68.7 cm³/mol. The van der Waals surface area contributed by atoms with Gasteiger partial charge in [0.05, 0.1) is 0 Å². The van der Waals surface area contributed by atoms with Crippen LogP contribution in [0.2, 0.25) is 0 Å². The molecule has 1 aliphatic rings. The van der Waals surface area contributed by atoms with Crippen molar-refractivity contribution in [3.63, 3.8) is 0 Å². The summed E-state index contributed by atoms with van der Waals surface area (Å²) in [5.74, 6) is 0.148. The molecular weight excluding hydrogens is 216 g/mol. The molecule has 2 rings (SSSR count). The van der Waals surface area contributed by atoms with Gasteiger partial charge in [0.25, 0.3) is 0 Å². The Labute approximate surface area is 101 Å². The zero-order chi connectivity index (χ0) is 12.3. The standard InChI is InChI=1S/C12H18N4O/c1-15-6-8-16(9-7-15)11-4-2-10(3-5-11)12(13)14-17/h2-5,17H,6-9H2,1H3,(H2,13,14). The number of likely N-dealkylation sites (N-methyl/N-ethyl adjacent to an activating group) is 1. The molecule has 0 bridgehead atoms. The van der Waals surface area contributed by atoms with Crippen molar-refractivity contribution in [1.82, 2.24) is 4.90 Å². The molecule has 92 valence electrons. The molecule has 17 heavy (non-hydrogen) atoms. The summed E-state index contributed by atoms with van der Waals surface area (Å²) in [6, 6.07) is 7.78. The lowest BCUT2D eigenvalue weighted by Crippen LogP contribution is -2.44. The van der Waals surface area contributed by atoms with E-state index in [0.717, 1.165) is 31.7 Å². The average molecular weight is 234 g/mol. The number of anilines is 1. The number of oxime groups is 1. The predicted octanol–water partition coefficient (Wildman–Crippen LogP) is 0.533. The van der Waals surface area contributed by atoms with Crippen LogP contribution >= 0.6 is 0 Å². The summed E-state index contributed by atoms with van der Waals surface area (Å²) < 4.78 is 0. The Morgan fingerprint density at radius 3 is 2.29 bits per heavy atom. The summed E-state index contributed by atoms with van der Waals surface area (Å²) in [5.41, 5.74) is 7.45. The average Bonchev–Trinajstić information content (AvgIpc) is 2.39. The topological polar surface area (TPSA) is 65.1 Å². The molecule has 0 spiro atoms. The molecule has 0 aromatic heterocycles. The number of piperazine rings is 1.